The molecule has 0 saturated heterocycles. The second-order valence-corrected chi connectivity index (χ2v) is 5.58. The van der Waals surface area contributed by atoms with Gasteiger partial charge in [-0.3, -0.25) is 0 Å². The summed E-state index contributed by atoms with van der Waals surface area (Å²) in [5.41, 5.74) is 0. The molecular formula is C11H20S. The maximum Gasteiger partial charge on any atom is 0.00193 e. The maximum absolute atomic E-state index is 4.62. The van der Waals surface area contributed by atoms with Crippen LogP contribution < -0.4 is 0 Å². The molecule has 12 heavy (non-hydrogen) atoms. The quantitative estimate of drug-likeness (QED) is 0.592. The molecular weight excluding hydrogens is 164 g/mol. The predicted molar refractivity (Wildman–Crippen MR) is 56.6 cm³/mol. The van der Waals surface area contributed by atoms with Gasteiger partial charge in [0, 0.05) is 5.25 Å². The van der Waals surface area contributed by atoms with Crippen molar-refractivity contribution in [2.75, 3.05) is 0 Å². The van der Waals surface area contributed by atoms with Crippen LogP contribution in [-0.4, -0.2) is 5.25 Å². The molecule has 0 heterocycles. The van der Waals surface area contributed by atoms with Gasteiger partial charge in [-0.05, 0) is 37.0 Å². The molecule has 3 aliphatic rings. The van der Waals surface area contributed by atoms with Gasteiger partial charge in [-0.25, -0.2) is 0 Å². The first-order chi connectivity index (χ1) is 5.77. The molecule has 0 aromatic carbocycles. The third-order valence-electron chi connectivity index (χ3n) is 4.02. The van der Waals surface area contributed by atoms with Crippen LogP contribution in [0.25, 0.3) is 0 Å². The van der Waals surface area contributed by atoms with Gasteiger partial charge in [-0.15, -0.1) is 0 Å². The van der Waals surface area contributed by atoms with Crippen LogP contribution in [0.15, 0.2) is 0 Å². The maximum atomic E-state index is 4.62. The fourth-order valence-corrected chi connectivity index (χ4v) is 3.60. The Bertz CT molecular complexity index is 145. The number of thiol groups is 1. The molecule has 0 spiro atoms. The highest BCUT2D eigenvalue weighted by atomic mass is 32.1. The second-order valence-electron chi connectivity index (χ2n) is 4.76. The molecule has 0 aromatic heterocycles. The van der Waals surface area contributed by atoms with Crippen molar-refractivity contribution in [2.45, 2.75) is 50.7 Å². The Balaban J connectivity index is 2.05. The van der Waals surface area contributed by atoms with Gasteiger partial charge in [0.25, 0.3) is 0 Å². The number of hydrogen-bond donors (Lipinski definition) is 1. The second kappa shape index (κ2) is 3.61. The van der Waals surface area contributed by atoms with Crippen LogP contribution in [0.3, 0.4) is 0 Å². The summed E-state index contributed by atoms with van der Waals surface area (Å²) in [5, 5.41) is 0.631. The highest BCUT2D eigenvalue weighted by Gasteiger charge is 2.33. The summed E-state index contributed by atoms with van der Waals surface area (Å²) in [5.74, 6) is 3.04. The van der Waals surface area contributed by atoms with E-state index in [-0.39, 0.29) is 0 Å². The van der Waals surface area contributed by atoms with Gasteiger partial charge in [0.15, 0.2) is 0 Å². The van der Waals surface area contributed by atoms with Crippen LogP contribution in [-0.2, 0) is 0 Å². The molecule has 3 aliphatic carbocycles. The van der Waals surface area contributed by atoms with Crippen LogP contribution in [0.4, 0.5) is 0 Å². The topological polar surface area (TPSA) is 0 Å². The van der Waals surface area contributed by atoms with E-state index in [2.05, 4.69) is 19.6 Å². The minimum atomic E-state index is 0.631. The largest absolute Gasteiger partial charge is 0.176 e. The van der Waals surface area contributed by atoms with Crippen LogP contribution in [0.5, 0.6) is 0 Å². The minimum absolute atomic E-state index is 0.631. The lowest BCUT2D eigenvalue weighted by molar-refractivity contribution is 0.256. The molecule has 2 unspecified atom stereocenters. The summed E-state index contributed by atoms with van der Waals surface area (Å²) < 4.78 is 0. The molecule has 0 aliphatic heterocycles. The normalized spacial score (nSPS) is 44.0. The molecule has 3 fully saturated rings. The van der Waals surface area contributed by atoms with E-state index in [4.69, 9.17) is 0 Å². The van der Waals surface area contributed by atoms with E-state index in [9.17, 15) is 0 Å². The molecule has 2 atom stereocenters. The molecule has 0 aromatic rings. The Labute approximate surface area is 81.5 Å². The summed E-state index contributed by atoms with van der Waals surface area (Å²) in [6, 6.07) is 0. The first-order valence-electron chi connectivity index (χ1n) is 5.45. The minimum Gasteiger partial charge on any atom is -0.176 e. The van der Waals surface area contributed by atoms with E-state index in [0.29, 0.717) is 5.25 Å². The Hall–Kier alpha value is 0.350. The average molecular weight is 184 g/mol. The van der Waals surface area contributed by atoms with Crippen molar-refractivity contribution in [3.05, 3.63) is 0 Å². The number of hydrogen-bond acceptors (Lipinski definition) is 1. The number of fused-ring (bicyclic) bond motifs is 4. The highest BCUT2D eigenvalue weighted by Crippen LogP contribution is 2.44. The lowest BCUT2D eigenvalue weighted by Crippen LogP contribution is -2.21. The van der Waals surface area contributed by atoms with E-state index in [1.807, 2.05) is 0 Å². The van der Waals surface area contributed by atoms with E-state index in [0.717, 1.165) is 17.8 Å². The zero-order chi connectivity index (χ0) is 8.55. The summed E-state index contributed by atoms with van der Waals surface area (Å²) in [6.07, 6.45) is 8.98. The summed E-state index contributed by atoms with van der Waals surface area (Å²) >= 11 is 4.62. The Morgan fingerprint density at radius 1 is 1.00 bits per heavy atom. The van der Waals surface area contributed by atoms with E-state index in [1.165, 1.54) is 38.5 Å². The first-order valence-corrected chi connectivity index (χ1v) is 5.97. The SMILES string of the molecule is CC(S)C1CCC2CCC1CC2. The van der Waals surface area contributed by atoms with Crippen molar-refractivity contribution >= 4 is 12.6 Å². The fraction of sp³-hybridized carbons (Fsp3) is 1.00. The smallest absolute Gasteiger partial charge is 0.00193 e. The van der Waals surface area contributed by atoms with Gasteiger partial charge in [-0.1, -0.05) is 26.2 Å². The average Bonchev–Trinajstić information content (AvgIpc) is 2.36. The standard InChI is InChI=1S/C11H20S/c1-8(12)11-7-4-9-2-5-10(11)6-3-9/h8-12H,2-7H2,1H3. The van der Waals surface area contributed by atoms with Crippen molar-refractivity contribution in [2.24, 2.45) is 17.8 Å². The van der Waals surface area contributed by atoms with E-state index < -0.39 is 0 Å². The molecule has 0 N–H and O–H groups in total. The van der Waals surface area contributed by atoms with Crippen molar-refractivity contribution in [1.82, 2.24) is 0 Å². The Morgan fingerprint density at radius 2 is 1.58 bits per heavy atom. The lowest BCUT2D eigenvalue weighted by Gasteiger charge is -2.29. The van der Waals surface area contributed by atoms with Gasteiger partial charge in [-0.2, -0.15) is 12.6 Å². The molecule has 0 nitrogen and oxygen atoms in total. The highest BCUT2D eigenvalue weighted by molar-refractivity contribution is 7.80. The Kier molecular flexibility index (Phi) is 2.69. The zero-order valence-electron chi connectivity index (χ0n) is 8.00. The molecule has 0 amide bonds. The molecule has 3 saturated carbocycles. The van der Waals surface area contributed by atoms with Gasteiger partial charge in [0.2, 0.25) is 0 Å². The van der Waals surface area contributed by atoms with Crippen LogP contribution in [0.2, 0.25) is 0 Å². The summed E-state index contributed by atoms with van der Waals surface area (Å²) in [7, 11) is 0. The van der Waals surface area contributed by atoms with Crippen LogP contribution >= 0.6 is 12.6 Å². The van der Waals surface area contributed by atoms with Crippen molar-refractivity contribution in [3.8, 4) is 0 Å². The third-order valence-corrected chi connectivity index (χ3v) is 4.41. The summed E-state index contributed by atoms with van der Waals surface area (Å²) in [6.45, 7) is 2.28. The predicted octanol–water partition coefficient (Wildman–Crippen LogP) is 3.52. The summed E-state index contributed by atoms with van der Waals surface area (Å²) in [4.78, 5) is 0. The molecule has 2 bridgehead atoms. The van der Waals surface area contributed by atoms with Crippen LogP contribution in [0.1, 0.15) is 45.4 Å². The monoisotopic (exact) mass is 184 g/mol. The van der Waals surface area contributed by atoms with Gasteiger partial charge < -0.3 is 0 Å². The molecule has 70 valence electrons. The Morgan fingerprint density at radius 3 is 2.17 bits per heavy atom. The van der Waals surface area contributed by atoms with E-state index in [1.54, 1.807) is 0 Å². The first kappa shape index (κ1) is 8.93. The van der Waals surface area contributed by atoms with Crippen LogP contribution in [0, 0.1) is 17.8 Å². The van der Waals surface area contributed by atoms with Gasteiger partial charge in [0.1, 0.15) is 0 Å². The van der Waals surface area contributed by atoms with Gasteiger partial charge in [0.05, 0.1) is 0 Å². The zero-order valence-corrected chi connectivity index (χ0v) is 8.89. The van der Waals surface area contributed by atoms with Crippen molar-refractivity contribution in [3.63, 3.8) is 0 Å². The fourth-order valence-electron chi connectivity index (χ4n) is 3.20. The van der Waals surface area contributed by atoms with Crippen molar-refractivity contribution in [1.29, 1.82) is 0 Å². The van der Waals surface area contributed by atoms with Crippen molar-refractivity contribution < 1.29 is 0 Å². The lowest BCUT2D eigenvalue weighted by atomic mass is 9.79. The molecule has 0 radical (unpaired) electrons. The van der Waals surface area contributed by atoms with E-state index >= 15 is 0 Å². The third kappa shape index (κ3) is 1.66. The molecule has 1 heteroatoms. The number of rotatable bonds is 1. The molecule has 3 rings (SSSR count). The van der Waals surface area contributed by atoms with Gasteiger partial charge >= 0.3 is 0 Å².